The fourth-order valence-electron chi connectivity index (χ4n) is 1.09. The number of halogens is 2. The Balaban J connectivity index is 3.03. The number of rotatable bonds is 2. The Labute approximate surface area is 94.2 Å². The molecular weight excluding hydrogens is 215 g/mol. The third-order valence-electron chi connectivity index (χ3n) is 1.59. The van der Waals surface area contributed by atoms with E-state index in [0.29, 0.717) is 11.3 Å². The first-order chi connectivity index (χ1) is 7.13. The van der Waals surface area contributed by atoms with Crippen molar-refractivity contribution in [1.82, 2.24) is 0 Å². The molecule has 15 heavy (non-hydrogen) atoms. The van der Waals surface area contributed by atoms with Crippen molar-refractivity contribution >= 4 is 11.6 Å². The molecule has 0 atom stereocenters. The van der Waals surface area contributed by atoms with E-state index >= 15 is 0 Å². The number of hydrogen-bond donors (Lipinski definition) is 0. The molecule has 0 saturated carbocycles. The SMILES string of the molecule is CC(C)Oc1ccc(F)cc1C#CCCl. The van der Waals surface area contributed by atoms with Gasteiger partial charge in [-0.2, -0.15) is 0 Å². The maximum Gasteiger partial charge on any atom is 0.135 e. The fraction of sp³-hybridized carbons (Fsp3) is 0.333. The van der Waals surface area contributed by atoms with Gasteiger partial charge in [-0.1, -0.05) is 11.8 Å². The van der Waals surface area contributed by atoms with Gasteiger partial charge < -0.3 is 4.74 Å². The lowest BCUT2D eigenvalue weighted by molar-refractivity contribution is 0.241. The highest BCUT2D eigenvalue weighted by molar-refractivity contribution is 6.19. The van der Waals surface area contributed by atoms with Crippen LogP contribution in [0.2, 0.25) is 0 Å². The van der Waals surface area contributed by atoms with Crippen LogP contribution in [0.15, 0.2) is 18.2 Å². The quantitative estimate of drug-likeness (QED) is 0.556. The smallest absolute Gasteiger partial charge is 0.135 e. The maximum absolute atomic E-state index is 13.0. The third-order valence-corrected chi connectivity index (χ3v) is 1.73. The predicted molar refractivity (Wildman–Crippen MR) is 59.8 cm³/mol. The monoisotopic (exact) mass is 226 g/mol. The van der Waals surface area contributed by atoms with Crippen LogP contribution in [0.1, 0.15) is 19.4 Å². The molecule has 1 aromatic carbocycles. The van der Waals surface area contributed by atoms with Crippen molar-refractivity contribution in [2.24, 2.45) is 0 Å². The van der Waals surface area contributed by atoms with E-state index in [2.05, 4.69) is 11.8 Å². The van der Waals surface area contributed by atoms with Crippen molar-refractivity contribution in [1.29, 1.82) is 0 Å². The number of benzene rings is 1. The normalized spacial score (nSPS) is 9.67. The summed E-state index contributed by atoms with van der Waals surface area (Å²) in [7, 11) is 0. The molecule has 0 aliphatic rings. The number of ether oxygens (including phenoxy) is 1. The van der Waals surface area contributed by atoms with Gasteiger partial charge in [0.1, 0.15) is 11.6 Å². The zero-order valence-electron chi connectivity index (χ0n) is 8.68. The molecule has 3 heteroatoms. The summed E-state index contributed by atoms with van der Waals surface area (Å²) in [5.74, 6) is 5.91. The van der Waals surface area contributed by atoms with E-state index in [1.54, 1.807) is 6.07 Å². The van der Waals surface area contributed by atoms with Crippen LogP contribution in [0.25, 0.3) is 0 Å². The highest BCUT2D eigenvalue weighted by Crippen LogP contribution is 2.19. The highest BCUT2D eigenvalue weighted by Gasteiger charge is 2.04. The van der Waals surface area contributed by atoms with Gasteiger partial charge in [0.05, 0.1) is 17.5 Å². The van der Waals surface area contributed by atoms with Gasteiger partial charge in [0.2, 0.25) is 0 Å². The molecule has 0 N–H and O–H groups in total. The van der Waals surface area contributed by atoms with Crippen molar-refractivity contribution < 1.29 is 9.13 Å². The van der Waals surface area contributed by atoms with Crippen LogP contribution in [0.5, 0.6) is 5.75 Å². The Morgan fingerprint density at radius 2 is 2.20 bits per heavy atom. The van der Waals surface area contributed by atoms with Gasteiger partial charge in [-0.25, -0.2) is 4.39 Å². The van der Waals surface area contributed by atoms with E-state index in [4.69, 9.17) is 16.3 Å². The van der Waals surface area contributed by atoms with Crippen LogP contribution in [-0.4, -0.2) is 12.0 Å². The number of hydrogen-bond acceptors (Lipinski definition) is 1. The van der Waals surface area contributed by atoms with Crippen LogP contribution >= 0.6 is 11.6 Å². The first-order valence-electron chi connectivity index (χ1n) is 4.64. The first kappa shape index (κ1) is 11.9. The molecule has 0 saturated heterocycles. The molecule has 0 fully saturated rings. The van der Waals surface area contributed by atoms with E-state index in [9.17, 15) is 4.39 Å². The van der Waals surface area contributed by atoms with Gasteiger partial charge in [0.25, 0.3) is 0 Å². The summed E-state index contributed by atoms with van der Waals surface area (Å²) >= 11 is 5.44. The van der Waals surface area contributed by atoms with Gasteiger partial charge in [-0.05, 0) is 32.0 Å². The average Bonchev–Trinajstić information content (AvgIpc) is 2.18. The highest BCUT2D eigenvalue weighted by atomic mass is 35.5. The Morgan fingerprint density at radius 1 is 1.47 bits per heavy atom. The van der Waals surface area contributed by atoms with E-state index in [1.807, 2.05) is 13.8 Å². The molecule has 1 aromatic rings. The summed E-state index contributed by atoms with van der Waals surface area (Å²) in [5, 5.41) is 0. The summed E-state index contributed by atoms with van der Waals surface area (Å²) in [4.78, 5) is 0. The minimum Gasteiger partial charge on any atom is -0.490 e. The molecule has 80 valence electrons. The van der Waals surface area contributed by atoms with Gasteiger partial charge in [0.15, 0.2) is 0 Å². The molecule has 1 nitrogen and oxygen atoms in total. The fourth-order valence-corrected chi connectivity index (χ4v) is 1.15. The van der Waals surface area contributed by atoms with Crippen molar-refractivity contribution in [3.8, 4) is 17.6 Å². The molecule has 0 aliphatic carbocycles. The second-order valence-corrected chi connectivity index (χ2v) is 3.51. The Hall–Kier alpha value is -1.20. The van der Waals surface area contributed by atoms with Crippen LogP contribution in [0.3, 0.4) is 0 Å². The lowest BCUT2D eigenvalue weighted by Gasteiger charge is -2.11. The van der Waals surface area contributed by atoms with Crippen molar-refractivity contribution in [3.05, 3.63) is 29.6 Å². The van der Waals surface area contributed by atoms with Crippen molar-refractivity contribution in [2.45, 2.75) is 20.0 Å². The summed E-state index contributed by atoms with van der Waals surface area (Å²) in [6.45, 7) is 3.81. The van der Waals surface area contributed by atoms with Crippen molar-refractivity contribution in [3.63, 3.8) is 0 Å². The third kappa shape index (κ3) is 3.81. The lowest BCUT2D eigenvalue weighted by Crippen LogP contribution is -2.06. The zero-order valence-corrected chi connectivity index (χ0v) is 9.44. The van der Waals surface area contributed by atoms with Crippen molar-refractivity contribution in [2.75, 3.05) is 5.88 Å². The van der Waals surface area contributed by atoms with Crippen LogP contribution in [-0.2, 0) is 0 Å². The zero-order chi connectivity index (χ0) is 11.3. The Kier molecular flexibility index (Phi) is 4.45. The topological polar surface area (TPSA) is 9.23 Å². The Bertz CT molecular complexity index is 390. The molecule has 0 heterocycles. The van der Waals surface area contributed by atoms with Gasteiger partial charge in [0, 0.05) is 0 Å². The molecule has 0 aromatic heterocycles. The summed E-state index contributed by atoms with van der Waals surface area (Å²) in [5.41, 5.74) is 0.532. The van der Waals surface area contributed by atoms with E-state index < -0.39 is 0 Å². The van der Waals surface area contributed by atoms with Gasteiger partial charge in [-0.3, -0.25) is 0 Å². The molecule has 0 spiro atoms. The average molecular weight is 227 g/mol. The second kappa shape index (κ2) is 5.63. The minimum atomic E-state index is -0.329. The van der Waals surface area contributed by atoms with E-state index in [0.717, 1.165) is 0 Å². The van der Waals surface area contributed by atoms with Crippen LogP contribution in [0.4, 0.5) is 4.39 Å². The summed E-state index contributed by atoms with van der Waals surface area (Å²) in [6.07, 6.45) is 0.0343. The maximum atomic E-state index is 13.0. The van der Waals surface area contributed by atoms with E-state index in [1.165, 1.54) is 12.1 Å². The van der Waals surface area contributed by atoms with Gasteiger partial charge >= 0.3 is 0 Å². The molecule has 1 rings (SSSR count). The summed E-state index contributed by atoms with van der Waals surface area (Å²) < 4.78 is 18.4. The molecule has 0 unspecified atom stereocenters. The first-order valence-corrected chi connectivity index (χ1v) is 5.18. The molecule has 0 bridgehead atoms. The van der Waals surface area contributed by atoms with Crippen LogP contribution in [0, 0.1) is 17.7 Å². The van der Waals surface area contributed by atoms with Gasteiger partial charge in [-0.15, -0.1) is 11.6 Å². The Morgan fingerprint density at radius 3 is 2.80 bits per heavy atom. The van der Waals surface area contributed by atoms with E-state index in [-0.39, 0.29) is 17.8 Å². The standard InChI is InChI=1S/C12H12ClFO/c1-9(2)15-12-6-5-11(14)8-10(12)4-3-7-13/h5-6,8-9H,7H2,1-2H3. The molecular formula is C12H12ClFO. The molecule has 0 aliphatic heterocycles. The number of alkyl halides is 1. The molecule has 0 radical (unpaired) electrons. The predicted octanol–water partition coefficient (Wildman–Crippen LogP) is 3.20. The van der Waals surface area contributed by atoms with Crippen LogP contribution < -0.4 is 4.74 Å². The summed E-state index contributed by atoms with van der Waals surface area (Å²) in [6, 6.07) is 4.27. The second-order valence-electron chi connectivity index (χ2n) is 3.24. The largest absolute Gasteiger partial charge is 0.490 e. The minimum absolute atomic E-state index is 0.0343. The molecule has 0 amide bonds. The lowest BCUT2D eigenvalue weighted by atomic mass is 10.2.